The van der Waals surface area contributed by atoms with Crippen LogP contribution in [0.4, 0.5) is 0 Å². The fraction of sp³-hybridized carbons (Fsp3) is 0.706. The van der Waals surface area contributed by atoms with Crippen molar-refractivity contribution in [2.75, 3.05) is 33.2 Å². The molecule has 2 N–H and O–H groups in total. The van der Waals surface area contributed by atoms with Gasteiger partial charge in [-0.3, -0.25) is 9.79 Å². The summed E-state index contributed by atoms with van der Waals surface area (Å²) in [6.45, 7) is 9.26. The molecule has 2 heterocycles. The Morgan fingerprint density at radius 2 is 2.12 bits per heavy atom. The molecule has 2 atom stereocenters. The number of carbonyl (C=O) groups is 1. The molecule has 134 valence electrons. The first-order valence-electron chi connectivity index (χ1n) is 8.73. The van der Waals surface area contributed by atoms with E-state index in [1.807, 2.05) is 32.6 Å². The average Bonchev–Trinajstić information content (AvgIpc) is 3.09. The number of likely N-dealkylation sites (tertiary alicyclic amines) is 1. The van der Waals surface area contributed by atoms with Gasteiger partial charge in [0.2, 0.25) is 5.91 Å². The third-order valence-electron chi connectivity index (χ3n) is 4.57. The number of rotatable bonds is 5. The maximum absolute atomic E-state index is 11.6. The highest BCUT2D eigenvalue weighted by molar-refractivity contribution is 5.80. The Morgan fingerprint density at radius 3 is 2.75 bits per heavy atom. The van der Waals surface area contributed by atoms with Crippen LogP contribution in [0.25, 0.3) is 0 Å². The van der Waals surface area contributed by atoms with Gasteiger partial charge in [-0.2, -0.15) is 0 Å². The number of imidazole rings is 1. The fourth-order valence-corrected chi connectivity index (χ4v) is 2.99. The number of amides is 1. The van der Waals surface area contributed by atoms with Crippen molar-refractivity contribution in [3.8, 4) is 0 Å². The van der Waals surface area contributed by atoms with Crippen molar-refractivity contribution in [1.82, 2.24) is 25.1 Å². The quantitative estimate of drug-likeness (QED) is 0.481. The molecule has 7 nitrogen and oxygen atoms in total. The second-order valence-electron chi connectivity index (χ2n) is 6.71. The SMILES string of the molecule is CN=C(NCCNC(=O)C(C)C)N1CCC(C)C(n2ccnc2)C1. The number of hydrogen-bond donors (Lipinski definition) is 2. The zero-order chi connectivity index (χ0) is 17.5. The van der Waals surface area contributed by atoms with E-state index in [9.17, 15) is 4.79 Å². The van der Waals surface area contributed by atoms with Crippen LogP contribution in [0.3, 0.4) is 0 Å². The van der Waals surface area contributed by atoms with Gasteiger partial charge in [0.25, 0.3) is 0 Å². The summed E-state index contributed by atoms with van der Waals surface area (Å²) in [6, 6.07) is 0.403. The summed E-state index contributed by atoms with van der Waals surface area (Å²) >= 11 is 0. The zero-order valence-corrected chi connectivity index (χ0v) is 15.2. The van der Waals surface area contributed by atoms with Crippen molar-refractivity contribution in [3.63, 3.8) is 0 Å². The predicted octanol–water partition coefficient (Wildman–Crippen LogP) is 1.11. The van der Waals surface area contributed by atoms with Crippen molar-refractivity contribution >= 4 is 11.9 Å². The second-order valence-corrected chi connectivity index (χ2v) is 6.71. The van der Waals surface area contributed by atoms with Crippen molar-refractivity contribution < 1.29 is 4.79 Å². The number of hydrogen-bond acceptors (Lipinski definition) is 3. The standard InChI is InChI=1S/C17H30N6O/c1-13(2)16(24)20-6-7-21-17(18-4)22-9-5-14(3)15(11-22)23-10-8-19-12-23/h8,10,12-15H,5-7,9,11H2,1-4H3,(H,18,21)(H,20,24). The minimum atomic E-state index is 0.0174. The highest BCUT2D eigenvalue weighted by atomic mass is 16.1. The Bertz CT molecular complexity index is 539. The largest absolute Gasteiger partial charge is 0.354 e. The third kappa shape index (κ3) is 4.72. The van der Waals surface area contributed by atoms with E-state index in [2.05, 4.69) is 37.0 Å². The molecule has 0 saturated carbocycles. The first-order chi connectivity index (χ1) is 11.5. The topological polar surface area (TPSA) is 74.6 Å². The van der Waals surface area contributed by atoms with Crippen LogP contribution in [0.1, 0.15) is 33.2 Å². The lowest BCUT2D eigenvalue weighted by Gasteiger charge is -2.39. The maximum atomic E-state index is 11.6. The van der Waals surface area contributed by atoms with Gasteiger partial charge in [-0.1, -0.05) is 20.8 Å². The van der Waals surface area contributed by atoms with Gasteiger partial charge in [-0.05, 0) is 12.3 Å². The van der Waals surface area contributed by atoms with E-state index < -0.39 is 0 Å². The van der Waals surface area contributed by atoms with E-state index in [0.29, 0.717) is 25.0 Å². The molecular formula is C17H30N6O. The van der Waals surface area contributed by atoms with Gasteiger partial charge >= 0.3 is 0 Å². The molecule has 24 heavy (non-hydrogen) atoms. The predicted molar refractivity (Wildman–Crippen MR) is 95.8 cm³/mol. The summed E-state index contributed by atoms with van der Waals surface area (Å²) in [5, 5.41) is 6.27. The third-order valence-corrected chi connectivity index (χ3v) is 4.57. The summed E-state index contributed by atoms with van der Waals surface area (Å²) in [4.78, 5) is 22.4. The molecule has 1 saturated heterocycles. The molecule has 0 aromatic carbocycles. The molecule has 0 spiro atoms. The van der Waals surface area contributed by atoms with Crippen molar-refractivity contribution in [2.24, 2.45) is 16.8 Å². The van der Waals surface area contributed by atoms with Crippen molar-refractivity contribution in [1.29, 1.82) is 0 Å². The molecule has 0 radical (unpaired) electrons. The Balaban J connectivity index is 1.85. The van der Waals surface area contributed by atoms with E-state index in [1.54, 1.807) is 7.05 Å². The molecule has 1 aliphatic heterocycles. The van der Waals surface area contributed by atoms with E-state index in [0.717, 1.165) is 25.5 Å². The van der Waals surface area contributed by atoms with Gasteiger partial charge in [0.05, 0.1) is 12.4 Å². The molecule has 2 unspecified atom stereocenters. The zero-order valence-electron chi connectivity index (χ0n) is 15.2. The number of nitrogens with zero attached hydrogens (tertiary/aromatic N) is 4. The summed E-state index contributed by atoms with van der Waals surface area (Å²) in [5.74, 6) is 1.60. The van der Waals surface area contributed by atoms with Crippen LogP contribution >= 0.6 is 0 Å². The van der Waals surface area contributed by atoms with Gasteiger partial charge in [0, 0.05) is 51.5 Å². The lowest BCUT2D eigenvalue weighted by Crippen LogP contribution is -2.50. The minimum absolute atomic E-state index is 0.0174. The van der Waals surface area contributed by atoms with Gasteiger partial charge in [0.1, 0.15) is 0 Å². The molecular weight excluding hydrogens is 304 g/mol. The first kappa shape index (κ1) is 18.3. The highest BCUT2D eigenvalue weighted by Crippen LogP contribution is 2.27. The van der Waals surface area contributed by atoms with Crippen LogP contribution in [0.15, 0.2) is 23.7 Å². The Hall–Kier alpha value is -2.05. The number of nitrogens with one attached hydrogen (secondary N) is 2. The summed E-state index contributed by atoms with van der Waals surface area (Å²) in [6.07, 6.45) is 6.87. The molecule has 1 aromatic heterocycles. The molecule has 1 aromatic rings. The molecule has 1 fully saturated rings. The smallest absolute Gasteiger partial charge is 0.222 e. The normalized spacial score (nSPS) is 21.9. The molecule has 1 amide bonds. The lowest BCUT2D eigenvalue weighted by atomic mass is 9.93. The fourth-order valence-electron chi connectivity index (χ4n) is 2.99. The summed E-state index contributed by atoms with van der Waals surface area (Å²) in [5.41, 5.74) is 0. The van der Waals surface area contributed by atoms with Crippen LogP contribution in [-0.4, -0.2) is 59.5 Å². The monoisotopic (exact) mass is 334 g/mol. The van der Waals surface area contributed by atoms with Crippen molar-refractivity contribution in [2.45, 2.75) is 33.2 Å². The average molecular weight is 334 g/mol. The molecule has 0 aliphatic carbocycles. The van der Waals surface area contributed by atoms with E-state index in [-0.39, 0.29) is 11.8 Å². The van der Waals surface area contributed by atoms with Gasteiger partial charge in [-0.15, -0.1) is 0 Å². The minimum Gasteiger partial charge on any atom is -0.354 e. The summed E-state index contributed by atoms with van der Waals surface area (Å²) < 4.78 is 2.19. The molecule has 2 rings (SSSR count). The summed E-state index contributed by atoms with van der Waals surface area (Å²) in [7, 11) is 1.80. The second kappa shape index (κ2) is 8.70. The number of guanidine groups is 1. The number of piperidine rings is 1. The van der Waals surface area contributed by atoms with Gasteiger partial charge < -0.3 is 20.1 Å². The number of aliphatic imine (C=N–C) groups is 1. The Kier molecular flexibility index (Phi) is 6.63. The molecule has 0 bridgehead atoms. The van der Waals surface area contributed by atoms with Crippen LogP contribution in [0.2, 0.25) is 0 Å². The first-order valence-corrected chi connectivity index (χ1v) is 8.73. The van der Waals surface area contributed by atoms with Crippen LogP contribution in [0.5, 0.6) is 0 Å². The van der Waals surface area contributed by atoms with E-state index >= 15 is 0 Å². The highest BCUT2D eigenvalue weighted by Gasteiger charge is 2.28. The number of carbonyl (C=O) groups excluding carboxylic acids is 1. The van der Waals surface area contributed by atoms with Crippen LogP contribution in [0, 0.1) is 11.8 Å². The Labute approximate surface area is 144 Å². The molecule has 1 aliphatic rings. The molecule has 7 heteroatoms. The number of aromatic nitrogens is 2. The van der Waals surface area contributed by atoms with Gasteiger partial charge in [0.15, 0.2) is 5.96 Å². The Morgan fingerprint density at radius 1 is 1.38 bits per heavy atom. The van der Waals surface area contributed by atoms with Gasteiger partial charge in [-0.25, -0.2) is 4.98 Å². The maximum Gasteiger partial charge on any atom is 0.222 e. The van der Waals surface area contributed by atoms with Crippen molar-refractivity contribution in [3.05, 3.63) is 18.7 Å². The van der Waals surface area contributed by atoms with Crippen LogP contribution in [-0.2, 0) is 4.79 Å². The van der Waals surface area contributed by atoms with E-state index in [4.69, 9.17) is 0 Å². The van der Waals surface area contributed by atoms with Crippen LogP contribution < -0.4 is 10.6 Å². The van der Waals surface area contributed by atoms with E-state index in [1.165, 1.54) is 0 Å². The lowest BCUT2D eigenvalue weighted by molar-refractivity contribution is -0.123.